The first-order valence-electron chi connectivity index (χ1n) is 10.5. The average molecular weight is 473 g/mol. The van der Waals surface area contributed by atoms with E-state index in [1.54, 1.807) is 13.2 Å². The third-order valence-electron chi connectivity index (χ3n) is 5.32. The van der Waals surface area contributed by atoms with Gasteiger partial charge in [0.05, 0.1) is 31.0 Å². The predicted octanol–water partition coefficient (Wildman–Crippen LogP) is 6.03. The van der Waals surface area contributed by atoms with Crippen molar-refractivity contribution in [3.05, 3.63) is 81.8 Å². The number of anilines is 2. The van der Waals surface area contributed by atoms with E-state index in [1.807, 2.05) is 54.6 Å². The molecule has 32 heavy (non-hydrogen) atoms. The van der Waals surface area contributed by atoms with Crippen LogP contribution in [0, 0.1) is 0 Å². The zero-order valence-electron chi connectivity index (χ0n) is 17.9. The minimum atomic E-state index is 0.436. The number of nitrogens with one attached hydrogen (secondary N) is 1. The Bertz CT molecular complexity index is 1040. The maximum Gasteiger partial charge on any atom is 0.166 e. The van der Waals surface area contributed by atoms with Crippen LogP contribution >= 0.6 is 23.2 Å². The molecule has 0 aromatic heterocycles. The van der Waals surface area contributed by atoms with E-state index in [1.165, 1.54) is 0 Å². The molecular formula is C25H26Cl2N2O3. The van der Waals surface area contributed by atoms with Gasteiger partial charge in [-0.2, -0.15) is 0 Å². The molecule has 5 nitrogen and oxygen atoms in total. The van der Waals surface area contributed by atoms with E-state index in [0.717, 1.165) is 48.8 Å². The zero-order chi connectivity index (χ0) is 22.3. The van der Waals surface area contributed by atoms with Crippen molar-refractivity contribution < 1.29 is 14.2 Å². The molecule has 0 aliphatic carbocycles. The van der Waals surface area contributed by atoms with Crippen molar-refractivity contribution in [3.8, 4) is 11.5 Å². The standard InChI is InChI=1S/C25H26Cl2N2O3/c1-30-24-14-20(26)13-19(25(24)32-17-18-5-3-2-4-6-18)16-28-21-7-8-23(22(27)15-21)29-9-11-31-12-10-29/h2-8,13-15,28H,9-12,16-17H2,1H3. The van der Waals surface area contributed by atoms with Crippen molar-refractivity contribution in [2.45, 2.75) is 13.2 Å². The van der Waals surface area contributed by atoms with Crippen molar-refractivity contribution in [2.75, 3.05) is 43.6 Å². The van der Waals surface area contributed by atoms with Crippen LogP contribution in [0.1, 0.15) is 11.1 Å². The number of ether oxygens (including phenoxy) is 3. The Labute approximate surface area is 198 Å². The van der Waals surface area contributed by atoms with Crippen LogP contribution in [0.2, 0.25) is 10.0 Å². The zero-order valence-corrected chi connectivity index (χ0v) is 19.5. The molecule has 1 aliphatic heterocycles. The molecule has 0 spiro atoms. The first kappa shape index (κ1) is 22.6. The highest BCUT2D eigenvalue weighted by molar-refractivity contribution is 6.33. The third-order valence-corrected chi connectivity index (χ3v) is 5.85. The highest BCUT2D eigenvalue weighted by atomic mass is 35.5. The number of rotatable bonds is 8. The second-order valence-electron chi connectivity index (χ2n) is 7.49. The average Bonchev–Trinajstić information content (AvgIpc) is 2.83. The fraction of sp³-hybridized carbons (Fsp3) is 0.280. The summed E-state index contributed by atoms with van der Waals surface area (Å²) < 4.78 is 17.1. The van der Waals surface area contributed by atoms with Gasteiger partial charge in [-0.1, -0.05) is 53.5 Å². The molecule has 1 heterocycles. The van der Waals surface area contributed by atoms with Gasteiger partial charge in [0.2, 0.25) is 0 Å². The normalized spacial score (nSPS) is 13.7. The molecule has 3 aromatic carbocycles. The van der Waals surface area contributed by atoms with Crippen LogP contribution in [0.3, 0.4) is 0 Å². The summed E-state index contributed by atoms with van der Waals surface area (Å²) in [6.45, 7) is 4.07. The lowest BCUT2D eigenvalue weighted by Crippen LogP contribution is -2.36. The summed E-state index contributed by atoms with van der Waals surface area (Å²) in [6, 6.07) is 19.7. The molecule has 7 heteroatoms. The van der Waals surface area contributed by atoms with Crippen molar-refractivity contribution >= 4 is 34.6 Å². The SMILES string of the molecule is COc1cc(Cl)cc(CNc2ccc(N3CCOCC3)c(Cl)c2)c1OCc1ccccc1. The summed E-state index contributed by atoms with van der Waals surface area (Å²) >= 11 is 12.9. The molecule has 0 amide bonds. The highest BCUT2D eigenvalue weighted by Crippen LogP contribution is 2.36. The van der Waals surface area contributed by atoms with Crippen LogP contribution in [-0.2, 0) is 17.9 Å². The molecule has 0 atom stereocenters. The fourth-order valence-electron chi connectivity index (χ4n) is 3.67. The van der Waals surface area contributed by atoms with Crippen molar-refractivity contribution in [1.82, 2.24) is 0 Å². The van der Waals surface area contributed by atoms with Crippen LogP contribution in [0.4, 0.5) is 11.4 Å². The Morgan fingerprint density at radius 1 is 1.00 bits per heavy atom. The van der Waals surface area contributed by atoms with Gasteiger partial charge in [-0.25, -0.2) is 0 Å². The summed E-state index contributed by atoms with van der Waals surface area (Å²) in [6.07, 6.45) is 0. The molecule has 0 radical (unpaired) electrons. The lowest BCUT2D eigenvalue weighted by molar-refractivity contribution is 0.122. The molecular weight excluding hydrogens is 447 g/mol. The largest absolute Gasteiger partial charge is 0.493 e. The number of hydrogen-bond acceptors (Lipinski definition) is 5. The van der Waals surface area contributed by atoms with E-state index in [0.29, 0.717) is 34.7 Å². The summed E-state index contributed by atoms with van der Waals surface area (Å²) in [5.74, 6) is 1.27. The highest BCUT2D eigenvalue weighted by Gasteiger charge is 2.16. The Balaban J connectivity index is 1.49. The van der Waals surface area contributed by atoms with Crippen LogP contribution in [-0.4, -0.2) is 33.4 Å². The van der Waals surface area contributed by atoms with Crippen molar-refractivity contribution in [2.24, 2.45) is 0 Å². The van der Waals surface area contributed by atoms with E-state index < -0.39 is 0 Å². The van der Waals surface area contributed by atoms with Gasteiger partial charge < -0.3 is 24.4 Å². The molecule has 1 fully saturated rings. The number of nitrogens with zero attached hydrogens (tertiary/aromatic N) is 1. The number of halogens is 2. The molecule has 168 valence electrons. The van der Waals surface area contributed by atoms with Crippen molar-refractivity contribution in [3.63, 3.8) is 0 Å². The minimum absolute atomic E-state index is 0.436. The van der Waals surface area contributed by atoms with Crippen LogP contribution in [0.5, 0.6) is 11.5 Å². The molecule has 3 aromatic rings. The molecule has 0 unspecified atom stereocenters. The molecule has 0 bridgehead atoms. The van der Waals surface area contributed by atoms with Gasteiger partial charge in [0.1, 0.15) is 6.61 Å². The van der Waals surface area contributed by atoms with Crippen LogP contribution < -0.4 is 19.7 Å². The molecule has 1 saturated heterocycles. The first-order chi connectivity index (χ1) is 15.6. The van der Waals surface area contributed by atoms with Gasteiger partial charge in [-0.3, -0.25) is 0 Å². The third kappa shape index (κ3) is 5.60. The number of methoxy groups -OCH3 is 1. The monoisotopic (exact) mass is 472 g/mol. The molecule has 4 rings (SSSR count). The topological polar surface area (TPSA) is 43.0 Å². The Hall–Kier alpha value is -2.60. The van der Waals surface area contributed by atoms with E-state index >= 15 is 0 Å². The second-order valence-corrected chi connectivity index (χ2v) is 8.33. The van der Waals surface area contributed by atoms with E-state index in [9.17, 15) is 0 Å². The maximum atomic E-state index is 6.58. The summed E-state index contributed by atoms with van der Waals surface area (Å²) in [4.78, 5) is 2.24. The summed E-state index contributed by atoms with van der Waals surface area (Å²) in [5.41, 5.74) is 3.92. The van der Waals surface area contributed by atoms with Gasteiger partial charge in [0.25, 0.3) is 0 Å². The predicted molar refractivity (Wildman–Crippen MR) is 131 cm³/mol. The smallest absolute Gasteiger partial charge is 0.166 e. The maximum absolute atomic E-state index is 6.58. The Morgan fingerprint density at radius 3 is 2.50 bits per heavy atom. The summed E-state index contributed by atoms with van der Waals surface area (Å²) in [7, 11) is 1.61. The van der Waals surface area contributed by atoms with Gasteiger partial charge >= 0.3 is 0 Å². The first-order valence-corrected chi connectivity index (χ1v) is 11.3. The molecule has 1 aliphatic rings. The second kappa shape index (κ2) is 10.8. The quantitative estimate of drug-likeness (QED) is 0.433. The van der Waals surface area contributed by atoms with Gasteiger partial charge in [0.15, 0.2) is 11.5 Å². The van der Waals surface area contributed by atoms with E-state index in [2.05, 4.69) is 10.2 Å². The van der Waals surface area contributed by atoms with Crippen LogP contribution in [0.15, 0.2) is 60.7 Å². The van der Waals surface area contributed by atoms with E-state index in [4.69, 9.17) is 37.4 Å². The Morgan fingerprint density at radius 2 is 1.78 bits per heavy atom. The van der Waals surface area contributed by atoms with Crippen molar-refractivity contribution in [1.29, 1.82) is 0 Å². The van der Waals surface area contributed by atoms with Gasteiger partial charge in [-0.15, -0.1) is 0 Å². The number of morpholine rings is 1. The lowest BCUT2D eigenvalue weighted by atomic mass is 10.1. The molecule has 0 saturated carbocycles. The van der Waals surface area contributed by atoms with E-state index in [-0.39, 0.29) is 0 Å². The van der Waals surface area contributed by atoms with Crippen LogP contribution in [0.25, 0.3) is 0 Å². The van der Waals surface area contributed by atoms with Gasteiger partial charge in [0, 0.05) is 42.0 Å². The minimum Gasteiger partial charge on any atom is -0.493 e. The number of hydrogen-bond donors (Lipinski definition) is 1. The Kier molecular flexibility index (Phi) is 7.63. The number of benzene rings is 3. The fourth-order valence-corrected chi connectivity index (χ4v) is 4.20. The lowest BCUT2D eigenvalue weighted by Gasteiger charge is -2.29. The van der Waals surface area contributed by atoms with Gasteiger partial charge in [-0.05, 0) is 29.8 Å². The molecule has 1 N–H and O–H groups in total. The summed E-state index contributed by atoms with van der Waals surface area (Å²) in [5, 5.41) is 4.73.